The molecule has 0 saturated carbocycles. The van der Waals surface area contributed by atoms with Crippen molar-refractivity contribution in [2.24, 2.45) is 0 Å². The lowest BCUT2D eigenvalue weighted by Crippen LogP contribution is -2.23. The van der Waals surface area contributed by atoms with Crippen LogP contribution in [-0.4, -0.2) is 43.0 Å². The summed E-state index contributed by atoms with van der Waals surface area (Å²) >= 11 is 0. The number of aryl methyl sites for hydroxylation is 2. The molecule has 0 unspecified atom stereocenters. The van der Waals surface area contributed by atoms with Gasteiger partial charge in [0.25, 0.3) is 0 Å². The third-order valence-electron chi connectivity index (χ3n) is 7.09. The van der Waals surface area contributed by atoms with Crippen LogP contribution in [0.1, 0.15) is 46.3 Å². The minimum absolute atomic E-state index is 0.136. The van der Waals surface area contributed by atoms with E-state index in [1.807, 2.05) is 41.3 Å². The SMILES string of the molecule is O=C(O)c1cn(-c2ccc3c(c2)CCC3)c2nc(Nc3ccc(CN4CCCC4=O)cc3)ncc2c1=O. The maximum atomic E-state index is 12.9. The number of likely N-dealkylation sites (tertiary alicyclic amines) is 1. The molecule has 9 nitrogen and oxygen atoms in total. The van der Waals surface area contributed by atoms with Gasteiger partial charge in [-0.1, -0.05) is 18.2 Å². The number of anilines is 2. The number of benzene rings is 2. The summed E-state index contributed by atoms with van der Waals surface area (Å²) in [5.74, 6) is -0.820. The Morgan fingerprint density at radius 3 is 2.57 bits per heavy atom. The molecule has 2 N–H and O–H groups in total. The van der Waals surface area contributed by atoms with E-state index >= 15 is 0 Å². The average molecular weight is 496 g/mol. The normalized spacial score (nSPS) is 14.8. The highest BCUT2D eigenvalue weighted by molar-refractivity contribution is 5.92. The van der Waals surface area contributed by atoms with Crippen molar-refractivity contribution in [3.63, 3.8) is 0 Å². The minimum atomic E-state index is -1.29. The Morgan fingerprint density at radius 2 is 1.81 bits per heavy atom. The molecule has 4 aromatic rings. The van der Waals surface area contributed by atoms with Crippen LogP contribution in [0.4, 0.5) is 11.6 Å². The Morgan fingerprint density at radius 1 is 1.00 bits per heavy atom. The number of nitrogens with zero attached hydrogens (tertiary/aromatic N) is 4. The van der Waals surface area contributed by atoms with Crippen LogP contribution in [0.5, 0.6) is 0 Å². The van der Waals surface area contributed by atoms with Crippen molar-refractivity contribution in [1.29, 1.82) is 0 Å². The quantitative estimate of drug-likeness (QED) is 0.417. The van der Waals surface area contributed by atoms with Crippen LogP contribution in [0, 0.1) is 0 Å². The maximum absolute atomic E-state index is 12.9. The van der Waals surface area contributed by atoms with Gasteiger partial charge in [0, 0.05) is 43.3 Å². The van der Waals surface area contributed by atoms with Gasteiger partial charge in [0.2, 0.25) is 17.3 Å². The van der Waals surface area contributed by atoms with Crippen molar-refractivity contribution in [2.75, 3.05) is 11.9 Å². The molecular weight excluding hydrogens is 470 g/mol. The van der Waals surface area contributed by atoms with E-state index in [9.17, 15) is 19.5 Å². The first-order valence-electron chi connectivity index (χ1n) is 12.4. The van der Waals surface area contributed by atoms with Crippen LogP contribution in [0.15, 0.2) is 59.7 Å². The first-order chi connectivity index (χ1) is 18.0. The molecule has 186 valence electrons. The number of amides is 1. The third-order valence-corrected chi connectivity index (χ3v) is 7.09. The zero-order valence-electron chi connectivity index (χ0n) is 20.1. The van der Waals surface area contributed by atoms with Gasteiger partial charge in [-0.25, -0.2) is 9.78 Å². The van der Waals surface area contributed by atoms with Gasteiger partial charge in [0.1, 0.15) is 5.56 Å². The number of fused-ring (bicyclic) bond motifs is 2. The second kappa shape index (κ2) is 9.16. The average Bonchev–Trinajstić information content (AvgIpc) is 3.53. The summed E-state index contributed by atoms with van der Waals surface area (Å²) in [5.41, 5.74) is 4.44. The molecule has 2 aromatic carbocycles. The third kappa shape index (κ3) is 4.33. The molecule has 6 rings (SSSR count). The van der Waals surface area contributed by atoms with E-state index in [4.69, 9.17) is 0 Å². The zero-order chi connectivity index (χ0) is 25.5. The molecule has 0 atom stereocenters. The van der Waals surface area contributed by atoms with Crippen LogP contribution >= 0.6 is 0 Å². The smallest absolute Gasteiger partial charge is 0.341 e. The van der Waals surface area contributed by atoms with Crippen molar-refractivity contribution in [1.82, 2.24) is 19.4 Å². The number of aromatic carboxylic acids is 1. The molecule has 1 fully saturated rings. The molecule has 1 aliphatic heterocycles. The monoisotopic (exact) mass is 495 g/mol. The molecule has 0 bridgehead atoms. The molecule has 1 aliphatic carbocycles. The molecule has 1 saturated heterocycles. The van der Waals surface area contributed by atoms with Crippen LogP contribution in [-0.2, 0) is 24.2 Å². The van der Waals surface area contributed by atoms with E-state index in [1.165, 1.54) is 23.5 Å². The lowest BCUT2D eigenvalue weighted by Gasteiger charge is -2.16. The van der Waals surface area contributed by atoms with Gasteiger partial charge in [-0.05, 0) is 66.6 Å². The second-order valence-corrected chi connectivity index (χ2v) is 9.53. The maximum Gasteiger partial charge on any atom is 0.341 e. The number of hydrogen-bond acceptors (Lipinski definition) is 6. The zero-order valence-corrected chi connectivity index (χ0v) is 20.1. The Kier molecular flexibility index (Phi) is 5.67. The van der Waals surface area contributed by atoms with Crippen molar-refractivity contribution >= 4 is 34.5 Å². The van der Waals surface area contributed by atoms with E-state index in [1.54, 1.807) is 4.57 Å². The van der Waals surface area contributed by atoms with E-state index in [2.05, 4.69) is 21.4 Å². The molecule has 1 amide bonds. The van der Waals surface area contributed by atoms with Gasteiger partial charge < -0.3 is 19.9 Å². The van der Waals surface area contributed by atoms with Crippen LogP contribution in [0.2, 0.25) is 0 Å². The van der Waals surface area contributed by atoms with Crippen molar-refractivity contribution in [3.05, 3.63) is 87.3 Å². The number of carboxylic acid groups (broad SMARTS) is 1. The number of aromatic nitrogens is 3. The van der Waals surface area contributed by atoms with Gasteiger partial charge in [0.05, 0.1) is 5.39 Å². The van der Waals surface area contributed by atoms with E-state index in [-0.39, 0.29) is 22.8 Å². The largest absolute Gasteiger partial charge is 0.477 e. The van der Waals surface area contributed by atoms with Crippen molar-refractivity contribution in [3.8, 4) is 5.69 Å². The first kappa shape index (κ1) is 22.9. The summed E-state index contributed by atoms with van der Waals surface area (Å²) in [6.45, 7) is 1.38. The summed E-state index contributed by atoms with van der Waals surface area (Å²) in [7, 11) is 0. The highest BCUT2D eigenvalue weighted by Crippen LogP contribution is 2.26. The predicted octanol–water partition coefficient (Wildman–Crippen LogP) is 3.83. The van der Waals surface area contributed by atoms with Crippen LogP contribution < -0.4 is 10.7 Å². The summed E-state index contributed by atoms with van der Waals surface area (Å²) in [5, 5.41) is 12.9. The molecule has 3 heterocycles. The molecular formula is C28H25N5O4. The van der Waals surface area contributed by atoms with Crippen LogP contribution in [0.25, 0.3) is 16.7 Å². The minimum Gasteiger partial charge on any atom is -0.477 e. The molecule has 9 heteroatoms. The molecule has 0 radical (unpaired) electrons. The Bertz CT molecular complexity index is 1610. The van der Waals surface area contributed by atoms with Crippen molar-refractivity contribution in [2.45, 2.75) is 38.6 Å². The number of pyridine rings is 1. The standard InChI is InChI=1S/C28H25N5O4/c34-24-5-2-12-32(24)15-17-6-9-20(10-7-17)30-28-29-14-22-25(35)23(27(36)37)16-33(26(22)31-28)21-11-8-18-3-1-4-19(18)13-21/h6-11,13-14,16H,1-5,12,15H2,(H,36,37)(H,29,30,31). The fourth-order valence-electron chi connectivity index (χ4n) is 5.14. The number of nitrogens with one attached hydrogen (secondary N) is 1. The Balaban J connectivity index is 1.35. The van der Waals surface area contributed by atoms with E-state index < -0.39 is 11.4 Å². The lowest BCUT2D eigenvalue weighted by atomic mass is 10.1. The summed E-state index contributed by atoms with van der Waals surface area (Å²) in [6.07, 6.45) is 7.33. The number of carboxylic acids is 1. The lowest BCUT2D eigenvalue weighted by molar-refractivity contribution is -0.128. The Hall–Kier alpha value is -4.53. The van der Waals surface area contributed by atoms with Gasteiger partial charge in [-0.15, -0.1) is 0 Å². The highest BCUT2D eigenvalue weighted by Gasteiger charge is 2.21. The van der Waals surface area contributed by atoms with Crippen molar-refractivity contribution < 1.29 is 14.7 Å². The molecule has 2 aliphatic rings. The first-order valence-corrected chi connectivity index (χ1v) is 12.4. The van der Waals surface area contributed by atoms with E-state index in [0.29, 0.717) is 18.6 Å². The van der Waals surface area contributed by atoms with Gasteiger partial charge in [-0.3, -0.25) is 9.59 Å². The van der Waals surface area contributed by atoms with Gasteiger partial charge in [0.15, 0.2) is 5.65 Å². The van der Waals surface area contributed by atoms with Gasteiger partial charge in [-0.2, -0.15) is 4.98 Å². The Labute approximate surface area is 212 Å². The van der Waals surface area contributed by atoms with Gasteiger partial charge >= 0.3 is 5.97 Å². The fraction of sp³-hybridized carbons (Fsp3) is 0.250. The number of hydrogen-bond donors (Lipinski definition) is 2. The highest BCUT2D eigenvalue weighted by atomic mass is 16.4. The molecule has 0 spiro atoms. The predicted molar refractivity (Wildman–Crippen MR) is 138 cm³/mol. The topological polar surface area (TPSA) is 117 Å². The molecule has 2 aromatic heterocycles. The number of rotatable bonds is 6. The summed E-state index contributed by atoms with van der Waals surface area (Å²) in [4.78, 5) is 47.4. The second-order valence-electron chi connectivity index (χ2n) is 9.53. The van der Waals surface area contributed by atoms with Crippen LogP contribution in [0.3, 0.4) is 0 Å². The van der Waals surface area contributed by atoms with E-state index in [0.717, 1.165) is 49.2 Å². The summed E-state index contributed by atoms with van der Waals surface area (Å²) in [6, 6.07) is 13.7. The number of carbonyl (C=O) groups is 2. The number of carbonyl (C=O) groups excluding carboxylic acids is 1. The fourth-order valence-corrected chi connectivity index (χ4v) is 5.14. The summed E-state index contributed by atoms with van der Waals surface area (Å²) < 4.78 is 1.65. The molecule has 37 heavy (non-hydrogen) atoms.